The smallest absolute Gasteiger partial charge is 0.302 e. The lowest BCUT2D eigenvalue weighted by molar-refractivity contribution is -0.126. The van der Waals surface area contributed by atoms with Crippen molar-refractivity contribution in [2.75, 3.05) is 6.54 Å². The van der Waals surface area contributed by atoms with Gasteiger partial charge in [-0.25, -0.2) is 13.8 Å². The Morgan fingerprint density at radius 1 is 1.32 bits per heavy atom. The zero-order chi connectivity index (χ0) is 14.0. The molecule has 0 amide bonds. The van der Waals surface area contributed by atoms with E-state index < -0.39 is 24.9 Å². The Morgan fingerprint density at radius 3 is 2.63 bits per heavy atom. The summed E-state index contributed by atoms with van der Waals surface area (Å²) in [4.78, 5) is 4.28. The maximum absolute atomic E-state index is 12.8. The molecule has 2 rings (SSSR count). The first-order valence-corrected chi connectivity index (χ1v) is 6.46. The standard InChI is InChI=1S/C12H12F4N2S/c1-7(17-6-12(15,16)11(13)14)10-18-8-4-2-3-5-9(8)19-10/h2-5,7,11,17H,6H2,1H3. The second-order valence-electron chi connectivity index (χ2n) is 4.18. The largest absolute Gasteiger partial charge is 0.319 e. The van der Waals surface area contributed by atoms with Crippen LogP contribution in [0, 0.1) is 0 Å². The number of hydrogen-bond acceptors (Lipinski definition) is 3. The Labute approximate surface area is 111 Å². The van der Waals surface area contributed by atoms with E-state index in [1.165, 1.54) is 11.3 Å². The van der Waals surface area contributed by atoms with E-state index in [0.717, 1.165) is 10.2 Å². The monoisotopic (exact) mass is 292 g/mol. The van der Waals surface area contributed by atoms with Crippen LogP contribution in [-0.2, 0) is 0 Å². The molecular formula is C12H12F4N2S. The lowest BCUT2D eigenvalue weighted by Gasteiger charge is -2.18. The number of thiazole rings is 1. The number of para-hydroxylation sites is 1. The fourth-order valence-corrected chi connectivity index (χ4v) is 2.52. The van der Waals surface area contributed by atoms with Crippen LogP contribution in [0.1, 0.15) is 18.0 Å². The molecule has 1 heterocycles. The maximum Gasteiger partial charge on any atom is 0.319 e. The van der Waals surface area contributed by atoms with Crippen LogP contribution in [0.3, 0.4) is 0 Å². The van der Waals surface area contributed by atoms with Crippen molar-refractivity contribution in [2.24, 2.45) is 0 Å². The maximum atomic E-state index is 12.8. The van der Waals surface area contributed by atoms with Crippen LogP contribution >= 0.6 is 11.3 Å². The number of hydrogen-bond donors (Lipinski definition) is 1. The first-order valence-electron chi connectivity index (χ1n) is 5.65. The molecule has 2 aromatic rings. The van der Waals surface area contributed by atoms with Gasteiger partial charge in [-0.2, -0.15) is 8.78 Å². The van der Waals surface area contributed by atoms with Crippen molar-refractivity contribution in [3.63, 3.8) is 0 Å². The van der Waals surface area contributed by atoms with Gasteiger partial charge >= 0.3 is 12.3 Å². The third-order valence-electron chi connectivity index (χ3n) is 2.64. The van der Waals surface area contributed by atoms with Crippen LogP contribution in [0.2, 0.25) is 0 Å². The fourth-order valence-electron chi connectivity index (χ4n) is 1.53. The van der Waals surface area contributed by atoms with E-state index in [2.05, 4.69) is 10.3 Å². The van der Waals surface area contributed by atoms with Crippen molar-refractivity contribution >= 4 is 21.6 Å². The zero-order valence-electron chi connectivity index (χ0n) is 10.0. The van der Waals surface area contributed by atoms with Gasteiger partial charge in [-0.1, -0.05) is 12.1 Å². The summed E-state index contributed by atoms with van der Waals surface area (Å²) in [5.74, 6) is -4.02. The van der Waals surface area contributed by atoms with Gasteiger partial charge in [0.2, 0.25) is 0 Å². The lowest BCUT2D eigenvalue weighted by atomic mass is 10.3. The minimum absolute atomic E-state index is 0.498. The first kappa shape index (κ1) is 14.2. The fraction of sp³-hybridized carbons (Fsp3) is 0.417. The molecule has 0 spiro atoms. The Hall–Kier alpha value is -1.21. The van der Waals surface area contributed by atoms with Gasteiger partial charge in [-0.15, -0.1) is 11.3 Å². The van der Waals surface area contributed by atoms with E-state index >= 15 is 0 Å². The summed E-state index contributed by atoms with van der Waals surface area (Å²) in [7, 11) is 0. The average molecular weight is 292 g/mol. The van der Waals surface area contributed by atoms with E-state index in [-0.39, 0.29) is 0 Å². The molecule has 0 aliphatic carbocycles. The van der Waals surface area contributed by atoms with Gasteiger partial charge in [0.15, 0.2) is 0 Å². The summed E-state index contributed by atoms with van der Waals surface area (Å²) < 4.78 is 50.6. The Bertz CT molecular complexity index is 522. The van der Waals surface area contributed by atoms with Crippen molar-refractivity contribution in [1.29, 1.82) is 0 Å². The van der Waals surface area contributed by atoms with Gasteiger partial charge in [0.1, 0.15) is 5.01 Å². The normalized spacial score (nSPS) is 14.2. The van der Waals surface area contributed by atoms with Gasteiger partial charge < -0.3 is 5.32 Å². The van der Waals surface area contributed by atoms with Crippen molar-refractivity contribution < 1.29 is 17.6 Å². The molecule has 0 radical (unpaired) electrons. The molecule has 0 fully saturated rings. The minimum atomic E-state index is -4.02. The summed E-state index contributed by atoms with van der Waals surface area (Å²) in [6, 6.07) is 6.87. The Balaban J connectivity index is 2.05. The molecule has 1 aromatic carbocycles. The number of fused-ring (bicyclic) bond motifs is 1. The summed E-state index contributed by atoms with van der Waals surface area (Å²) in [5, 5.41) is 3.00. The number of rotatable bonds is 5. The molecule has 1 unspecified atom stereocenters. The first-order chi connectivity index (χ1) is 8.90. The zero-order valence-corrected chi connectivity index (χ0v) is 10.9. The molecule has 1 atom stereocenters. The molecule has 19 heavy (non-hydrogen) atoms. The van der Waals surface area contributed by atoms with Gasteiger partial charge in [0, 0.05) is 0 Å². The molecule has 104 valence electrons. The third kappa shape index (κ3) is 3.22. The van der Waals surface area contributed by atoms with Crippen molar-refractivity contribution in [1.82, 2.24) is 10.3 Å². The van der Waals surface area contributed by atoms with Gasteiger partial charge in [0.05, 0.1) is 22.8 Å². The Kier molecular flexibility index (Phi) is 4.05. The third-order valence-corrected chi connectivity index (χ3v) is 3.86. The predicted molar refractivity (Wildman–Crippen MR) is 67.0 cm³/mol. The summed E-state index contributed by atoms with van der Waals surface area (Å²) >= 11 is 1.36. The number of halogens is 4. The number of nitrogens with zero attached hydrogens (tertiary/aromatic N) is 1. The molecule has 7 heteroatoms. The van der Waals surface area contributed by atoms with E-state index in [4.69, 9.17) is 0 Å². The van der Waals surface area contributed by atoms with Gasteiger partial charge in [0.25, 0.3) is 0 Å². The molecule has 2 nitrogen and oxygen atoms in total. The van der Waals surface area contributed by atoms with Crippen LogP contribution in [0.15, 0.2) is 24.3 Å². The van der Waals surface area contributed by atoms with Gasteiger partial charge in [-0.3, -0.25) is 0 Å². The highest BCUT2D eigenvalue weighted by Crippen LogP contribution is 2.27. The lowest BCUT2D eigenvalue weighted by Crippen LogP contribution is -2.39. The van der Waals surface area contributed by atoms with Crippen molar-refractivity contribution in [3.8, 4) is 0 Å². The minimum Gasteiger partial charge on any atom is -0.302 e. The van der Waals surface area contributed by atoms with Crippen molar-refractivity contribution in [3.05, 3.63) is 29.3 Å². The molecule has 0 saturated carbocycles. The van der Waals surface area contributed by atoms with E-state index in [1.807, 2.05) is 24.3 Å². The van der Waals surface area contributed by atoms with Gasteiger partial charge in [-0.05, 0) is 19.1 Å². The number of nitrogens with one attached hydrogen (secondary N) is 1. The van der Waals surface area contributed by atoms with E-state index in [1.54, 1.807) is 6.92 Å². The van der Waals surface area contributed by atoms with Crippen molar-refractivity contribution in [2.45, 2.75) is 25.3 Å². The van der Waals surface area contributed by atoms with Crippen LogP contribution < -0.4 is 5.32 Å². The molecule has 1 N–H and O–H groups in total. The van der Waals surface area contributed by atoms with Crippen LogP contribution in [0.25, 0.3) is 10.2 Å². The number of benzene rings is 1. The second kappa shape index (κ2) is 5.42. The van der Waals surface area contributed by atoms with E-state index in [0.29, 0.717) is 5.01 Å². The predicted octanol–water partition coefficient (Wildman–Crippen LogP) is 3.85. The molecule has 0 saturated heterocycles. The molecule has 0 aliphatic rings. The van der Waals surface area contributed by atoms with E-state index in [9.17, 15) is 17.6 Å². The van der Waals surface area contributed by atoms with Crippen LogP contribution in [-0.4, -0.2) is 23.9 Å². The SMILES string of the molecule is CC(NCC(F)(F)C(F)F)c1nc2ccccc2s1. The highest BCUT2D eigenvalue weighted by atomic mass is 32.1. The topological polar surface area (TPSA) is 24.9 Å². The summed E-state index contributed by atoms with van der Waals surface area (Å²) in [6.07, 6.45) is -3.66. The summed E-state index contributed by atoms with van der Waals surface area (Å²) in [5.41, 5.74) is 0.775. The molecular weight excluding hydrogens is 280 g/mol. The average Bonchev–Trinajstić information content (AvgIpc) is 2.79. The molecule has 0 bridgehead atoms. The summed E-state index contributed by atoms with van der Waals surface area (Å²) in [6.45, 7) is 0.557. The number of aromatic nitrogens is 1. The second-order valence-corrected chi connectivity index (χ2v) is 5.25. The van der Waals surface area contributed by atoms with Crippen LogP contribution in [0.4, 0.5) is 17.6 Å². The highest BCUT2D eigenvalue weighted by Gasteiger charge is 2.40. The molecule has 1 aromatic heterocycles. The molecule has 0 aliphatic heterocycles. The quantitative estimate of drug-likeness (QED) is 0.847. The van der Waals surface area contributed by atoms with Crippen LogP contribution in [0.5, 0.6) is 0 Å². The highest BCUT2D eigenvalue weighted by molar-refractivity contribution is 7.18. The number of alkyl halides is 4. The Morgan fingerprint density at radius 2 is 2.00 bits per heavy atom.